The molecule has 0 atom stereocenters. The minimum absolute atomic E-state index is 0. The predicted octanol–water partition coefficient (Wildman–Crippen LogP) is -1.16. The van der Waals surface area contributed by atoms with Crippen LogP contribution in [0.15, 0.2) is 16.7 Å². The van der Waals surface area contributed by atoms with Crippen LogP contribution in [-0.4, -0.2) is 32.2 Å². The normalized spacial score (nSPS) is 11.1. The lowest BCUT2D eigenvalue weighted by molar-refractivity contribution is -0.870. The Morgan fingerprint density at radius 1 is 1.31 bits per heavy atom. The Morgan fingerprint density at radius 2 is 1.92 bits per heavy atom. The van der Waals surface area contributed by atoms with E-state index >= 15 is 0 Å². The van der Waals surface area contributed by atoms with Crippen molar-refractivity contribution < 1.29 is 32.9 Å². The third kappa shape index (κ3) is 5.31. The molecule has 1 rings (SSSR count). The van der Waals surface area contributed by atoms with Gasteiger partial charge in [-0.3, -0.25) is 0 Å². The molecule has 13 heavy (non-hydrogen) atoms. The smallest absolute Gasteiger partial charge is 0.109 e. The molecule has 1 heterocycles. The van der Waals surface area contributed by atoms with Crippen LogP contribution in [-0.2, 0) is 6.42 Å². The summed E-state index contributed by atoms with van der Waals surface area (Å²) in [6, 6.07) is 2.11. The van der Waals surface area contributed by atoms with Crippen LogP contribution in [0, 0.1) is 6.92 Å². The monoisotopic (exact) mass is 295 g/mol. The number of quaternary nitrogens is 1. The molecule has 0 spiro atoms. The second-order valence-corrected chi connectivity index (χ2v) is 4.35. The fourth-order valence-corrected chi connectivity index (χ4v) is 1.07. The van der Waals surface area contributed by atoms with Gasteiger partial charge in [0.1, 0.15) is 5.76 Å². The fourth-order valence-electron chi connectivity index (χ4n) is 1.07. The van der Waals surface area contributed by atoms with Crippen LogP contribution in [0.4, 0.5) is 0 Å². The Kier molecular flexibility index (Phi) is 4.99. The molecule has 0 aromatic carbocycles. The number of hydrogen-bond donors (Lipinski definition) is 0. The standard InChI is InChI=1S/C10H18NO.HI/c1-9-7-10(12-8-9)5-6-11(2,3)4;/h7-8H,5-6H2,1-4H3;1H/q+1;/p-1. The van der Waals surface area contributed by atoms with Gasteiger partial charge in [-0.15, -0.1) is 0 Å². The second-order valence-electron chi connectivity index (χ2n) is 4.35. The largest absolute Gasteiger partial charge is 1.00 e. The van der Waals surface area contributed by atoms with Crippen molar-refractivity contribution in [1.82, 2.24) is 0 Å². The highest BCUT2D eigenvalue weighted by atomic mass is 127. The predicted molar refractivity (Wildman–Crippen MR) is 50.0 cm³/mol. The zero-order valence-corrected chi connectivity index (χ0v) is 11.0. The highest BCUT2D eigenvalue weighted by Gasteiger charge is 2.08. The van der Waals surface area contributed by atoms with Gasteiger partial charge in [0.25, 0.3) is 0 Å². The van der Waals surface area contributed by atoms with Crippen LogP contribution in [0.25, 0.3) is 0 Å². The van der Waals surface area contributed by atoms with Gasteiger partial charge >= 0.3 is 0 Å². The van der Waals surface area contributed by atoms with Gasteiger partial charge in [-0.05, 0) is 18.6 Å². The molecule has 0 bridgehead atoms. The van der Waals surface area contributed by atoms with Crippen molar-refractivity contribution in [3.63, 3.8) is 0 Å². The van der Waals surface area contributed by atoms with Gasteiger partial charge in [0.2, 0.25) is 0 Å². The van der Waals surface area contributed by atoms with E-state index in [-0.39, 0.29) is 24.0 Å². The van der Waals surface area contributed by atoms with E-state index in [4.69, 9.17) is 4.42 Å². The van der Waals surface area contributed by atoms with Gasteiger partial charge in [0.05, 0.1) is 40.4 Å². The topological polar surface area (TPSA) is 13.1 Å². The van der Waals surface area contributed by atoms with Crippen LogP contribution >= 0.6 is 0 Å². The first kappa shape index (κ1) is 13.0. The SMILES string of the molecule is Cc1coc(CC[N+](C)(C)C)c1.[I-]. The van der Waals surface area contributed by atoms with Gasteiger partial charge in [-0.25, -0.2) is 0 Å². The van der Waals surface area contributed by atoms with Crippen molar-refractivity contribution in [2.75, 3.05) is 27.7 Å². The Hall–Kier alpha value is -0.0300. The average molecular weight is 295 g/mol. The van der Waals surface area contributed by atoms with E-state index in [1.165, 1.54) is 5.56 Å². The number of aryl methyl sites for hydroxylation is 1. The number of nitrogens with zero attached hydrogens (tertiary/aromatic N) is 1. The lowest BCUT2D eigenvalue weighted by Gasteiger charge is -2.22. The summed E-state index contributed by atoms with van der Waals surface area (Å²) in [5.74, 6) is 1.10. The molecule has 0 aliphatic carbocycles. The van der Waals surface area contributed by atoms with Crippen LogP contribution in [0.5, 0.6) is 0 Å². The van der Waals surface area contributed by atoms with E-state index in [0.29, 0.717) is 0 Å². The zero-order valence-electron chi connectivity index (χ0n) is 8.80. The van der Waals surface area contributed by atoms with E-state index in [9.17, 15) is 0 Å². The molecule has 0 aliphatic heterocycles. The Balaban J connectivity index is 0.00000144. The summed E-state index contributed by atoms with van der Waals surface area (Å²) in [7, 11) is 6.57. The molecular weight excluding hydrogens is 277 g/mol. The van der Waals surface area contributed by atoms with Gasteiger partial charge < -0.3 is 32.9 Å². The number of halogens is 1. The molecule has 0 saturated carbocycles. The van der Waals surface area contributed by atoms with Crippen LogP contribution < -0.4 is 24.0 Å². The summed E-state index contributed by atoms with van der Waals surface area (Å²) >= 11 is 0. The molecule has 0 saturated heterocycles. The lowest BCUT2D eigenvalue weighted by atomic mass is 10.2. The van der Waals surface area contributed by atoms with Crippen molar-refractivity contribution in [3.05, 3.63) is 23.7 Å². The number of hydrogen-bond acceptors (Lipinski definition) is 1. The van der Waals surface area contributed by atoms with Crippen molar-refractivity contribution in [1.29, 1.82) is 0 Å². The zero-order chi connectivity index (χ0) is 9.19. The summed E-state index contributed by atoms with van der Waals surface area (Å²) in [6.45, 7) is 3.17. The molecular formula is C10H18INO. The first-order valence-corrected chi connectivity index (χ1v) is 4.32. The minimum Gasteiger partial charge on any atom is -1.00 e. The third-order valence-electron chi connectivity index (χ3n) is 1.81. The molecule has 0 aliphatic rings. The maximum atomic E-state index is 5.35. The highest BCUT2D eigenvalue weighted by Crippen LogP contribution is 2.08. The number of furan rings is 1. The van der Waals surface area contributed by atoms with Crippen molar-refractivity contribution in [2.45, 2.75) is 13.3 Å². The Morgan fingerprint density at radius 3 is 2.31 bits per heavy atom. The first-order valence-electron chi connectivity index (χ1n) is 4.32. The third-order valence-corrected chi connectivity index (χ3v) is 1.81. The maximum Gasteiger partial charge on any atom is 0.109 e. The molecule has 1 aromatic heterocycles. The molecule has 3 heteroatoms. The van der Waals surface area contributed by atoms with Crippen LogP contribution in [0.3, 0.4) is 0 Å². The Bertz CT molecular complexity index is 250. The van der Waals surface area contributed by atoms with Crippen molar-refractivity contribution in [3.8, 4) is 0 Å². The number of likely N-dealkylation sites (N-methyl/N-ethyl adjacent to an activating group) is 1. The number of rotatable bonds is 3. The van der Waals surface area contributed by atoms with Gasteiger partial charge in [-0.2, -0.15) is 0 Å². The molecule has 2 nitrogen and oxygen atoms in total. The molecule has 0 N–H and O–H groups in total. The van der Waals surface area contributed by atoms with Crippen LogP contribution in [0.1, 0.15) is 11.3 Å². The van der Waals surface area contributed by atoms with Gasteiger partial charge in [0.15, 0.2) is 0 Å². The first-order chi connectivity index (χ1) is 5.47. The summed E-state index contributed by atoms with van der Waals surface area (Å²) in [5, 5.41) is 0. The van der Waals surface area contributed by atoms with Crippen molar-refractivity contribution in [2.24, 2.45) is 0 Å². The van der Waals surface area contributed by atoms with E-state index in [1.807, 2.05) is 6.26 Å². The van der Waals surface area contributed by atoms with Gasteiger partial charge in [0, 0.05) is 0 Å². The summed E-state index contributed by atoms with van der Waals surface area (Å²) in [5.41, 5.74) is 1.21. The summed E-state index contributed by atoms with van der Waals surface area (Å²) in [4.78, 5) is 0. The molecule has 0 amide bonds. The van der Waals surface area contributed by atoms with E-state index in [2.05, 4.69) is 34.1 Å². The lowest BCUT2D eigenvalue weighted by Crippen LogP contribution is -3.00. The van der Waals surface area contributed by atoms with Crippen molar-refractivity contribution >= 4 is 0 Å². The highest BCUT2D eigenvalue weighted by molar-refractivity contribution is 5.10. The van der Waals surface area contributed by atoms with E-state index in [1.54, 1.807) is 0 Å². The van der Waals surface area contributed by atoms with E-state index in [0.717, 1.165) is 23.2 Å². The fraction of sp³-hybridized carbons (Fsp3) is 0.600. The Labute approximate surface area is 97.5 Å². The molecule has 1 aromatic rings. The molecule has 76 valence electrons. The average Bonchev–Trinajstić information content (AvgIpc) is 2.30. The molecule has 0 fully saturated rings. The maximum absolute atomic E-state index is 5.35. The molecule has 0 unspecified atom stereocenters. The van der Waals surface area contributed by atoms with Crippen LogP contribution in [0.2, 0.25) is 0 Å². The van der Waals surface area contributed by atoms with Gasteiger partial charge in [-0.1, -0.05) is 0 Å². The second kappa shape index (κ2) is 5.00. The summed E-state index contributed by atoms with van der Waals surface area (Å²) < 4.78 is 6.34. The summed E-state index contributed by atoms with van der Waals surface area (Å²) in [6.07, 6.45) is 2.84. The van der Waals surface area contributed by atoms with E-state index < -0.39 is 0 Å². The molecule has 0 radical (unpaired) electrons. The minimum atomic E-state index is 0. The quantitative estimate of drug-likeness (QED) is 0.506.